The Morgan fingerprint density at radius 3 is 2.26 bits per heavy atom. The fraction of sp³-hybridized carbons (Fsp3) is 0.333. The molecule has 5 rings (SSSR count). The van der Waals surface area contributed by atoms with E-state index in [1.165, 1.54) is 16.3 Å². The summed E-state index contributed by atoms with van der Waals surface area (Å²) in [5, 5.41) is 7.17. The Hall–Kier alpha value is -4.00. The molecule has 0 spiro atoms. The van der Waals surface area contributed by atoms with E-state index >= 15 is 0 Å². The van der Waals surface area contributed by atoms with Crippen molar-refractivity contribution in [2.45, 2.75) is 58.8 Å². The average molecular weight is 565 g/mol. The lowest BCUT2D eigenvalue weighted by Crippen LogP contribution is -2.46. The molecule has 1 amide bonds. The summed E-state index contributed by atoms with van der Waals surface area (Å²) in [6.07, 6.45) is 1.01. The van der Waals surface area contributed by atoms with E-state index < -0.39 is 5.41 Å². The van der Waals surface area contributed by atoms with Gasteiger partial charge in [-0.2, -0.15) is 0 Å². The van der Waals surface area contributed by atoms with Gasteiger partial charge in [0.15, 0.2) is 0 Å². The van der Waals surface area contributed by atoms with Crippen molar-refractivity contribution < 1.29 is 19.2 Å². The minimum atomic E-state index is -0.579. The van der Waals surface area contributed by atoms with E-state index in [4.69, 9.17) is 9.57 Å². The molecule has 6 heteroatoms. The predicted molar refractivity (Wildman–Crippen MR) is 165 cm³/mol. The van der Waals surface area contributed by atoms with Crippen LogP contribution >= 0.6 is 0 Å². The molecule has 1 saturated heterocycles. The first-order chi connectivity index (χ1) is 20.2. The van der Waals surface area contributed by atoms with Gasteiger partial charge in [-0.15, -0.1) is 5.06 Å². The van der Waals surface area contributed by atoms with Crippen LogP contribution in [0, 0.1) is 5.41 Å². The third-order valence-corrected chi connectivity index (χ3v) is 7.73. The van der Waals surface area contributed by atoms with Crippen molar-refractivity contribution in [2.75, 3.05) is 13.1 Å². The van der Waals surface area contributed by atoms with Crippen molar-refractivity contribution in [1.29, 1.82) is 0 Å². The van der Waals surface area contributed by atoms with Crippen molar-refractivity contribution in [2.24, 2.45) is 5.41 Å². The van der Waals surface area contributed by atoms with Gasteiger partial charge in [-0.1, -0.05) is 91.0 Å². The van der Waals surface area contributed by atoms with Gasteiger partial charge < -0.3 is 14.9 Å². The van der Waals surface area contributed by atoms with Crippen molar-refractivity contribution >= 4 is 22.6 Å². The van der Waals surface area contributed by atoms with Gasteiger partial charge in [0, 0.05) is 19.0 Å². The van der Waals surface area contributed by atoms with Gasteiger partial charge in [0.25, 0.3) is 0 Å². The highest BCUT2D eigenvalue weighted by molar-refractivity contribution is 5.83. The Morgan fingerprint density at radius 1 is 0.833 bits per heavy atom. The lowest BCUT2D eigenvalue weighted by molar-refractivity contribution is -0.216. The molecule has 0 aromatic heterocycles. The van der Waals surface area contributed by atoms with Crippen molar-refractivity contribution in [1.82, 2.24) is 10.4 Å². The summed E-state index contributed by atoms with van der Waals surface area (Å²) in [4.78, 5) is 30.8. The van der Waals surface area contributed by atoms with Crippen molar-refractivity contribution in [3.63, 3.8) is 0 Å². The van der Waals surface area contributed by atoms with Gasteiger partial charge in [-0.05, 0) is 66.3 Å². The first-order valence-electron chi connectivity index (χ1n) is 14.7. The fourth-order valence-electron chi connectivity index (χ4n) is 5.23. The topological polar surface area (TPSA) is 67.9 Å². The Bertz CT molecular complexity index is 1490. The van der Waals surface area contributed by atoms with E-state index in [1.54, 1.807) is 5.06 Å². The molecule has 1 aliphatic heterocycles. The van der Waals surface area contributed by atoms with Crippen molar-refractivity contribution in [3.05, 3.63) is 119 Å². The first kappa shape index (κ1) is 29.5. The van der Waals surface area contributed by atoms with Crippen LogP contribution in [0.1, 0.15) is 55.4 Å². The second-order valence-corrected chi connectivity index (χ2v) is 12.1. The second-order valence-electron chi connectivity index (χ2n) is 12.1. The molecule has 42 heavy (non-hydrogen) atoms. The quantitative estimate of drug-likeness (QED) is 0.249. The highest BCUT2D eigenvalue weighted by Gasteiger charge is 2.35. The molecule has 218 valence electrons. The molecule has 1 heterocycles. The summed E-state index contributed by atoms with van der Waals surface area (Å²) in [5.74, 6) is -0.0886. The maximum atomic E-state index is 12.6. The number of piperidine rings is 1. The molecule has 0 saturated carbocycles. The van der Waals surface area contributed by atoms with Gasteiger partial charge in [-0.25, -0.2) is 4.79 Å². The molecule has 1 aliphatic rings. The van der Waals surface area contributed by atoms with Crippen LogP contribution in [0.5, 0.6) is 0 Å². The number of benzene rings is 4. The third-order valence-electron chi connectivity index (χ3n) is 7.73. The van der Waals surface area contributed by atoms with Crippen LogP contribution in [0.4, 0.5) is 0 Å². The molecule has 2 atom stereocenters. The minimum absolute atomic E-state index is 0.00427. The Kier molecular flexibility index (Phi) is 9.35. The number of fused-ring (bicyclic) bond motifs is 1. The van der Waals surface area contributed by atoms with Crippen LogP contribution in [0.15, 0.2) is 97.1 Å². The van der Waals surface area contributed by atoms with Crippen LogP contribution in [-0.2, 0) is 38.7 Å². The summed E-state index contributed by atoms with van der Waals surface area (Å²) in [6, 6.07) is 32.9. The number of hydrogen-bond donors (Lipinski definition) is 1. The molecular weight excluding hydrogens is 524 g/mol. The monoisotopic (exact) mass is 564 g/mol. The van der Waals surface area contributed by atoms with E-state index in [-0.39, 0.29) is 23.9 Å². The number of hydroxylamine groups is 2. The lowest BCUT2D eigenvalue weighted by atomic mass is 9.87. The highest BCUT2D eigenvalue weighted by Crippen LogP contribution is 2.32. The molecule has 1 fully saturated rings. The van der Waals surface area contributed by atoms with Crippen LogP contribution in [0.2, 0.25) is 0 Å². The number of amides is 1. The summed E-state index contributed by atoms with van der Waals surface area (Å²) in [5.41, 5.74) is 3.76. The number of hydrogen-bond acceptors (Lipinski definition) is 5. The van der Waals surface area contributed by atoms with Gasteiger partial charge >= 0.3 is 5.97 Å². The number of carbonyl (C=O) groups excluding carboxylic acids is 2. The van der Waals surface area contributed by atoms with E-state index in [1.807, 2.05) is 63.2 Å². The maximum Gasteiger partial charge on any atom is 0.330 e. The number of nitrogens with one attached hydrogen (secondary N) is 1. The zero-order chi connectivity index (χ0) is 29.5. The minimum Gasteiger partial charge on any atom is -0.371 e. The number of nitrogens with zero attached hydrogens (tertiary/aromatic N) is 1. The number of ether oxygens (including phenoxy) is 1. The predicted octanol–water partition coefficient (Wildman–Crippen LogP) is 6.58. The van der Waals surface area contributed by atoms with Crippen LogP contribution in [0.3, 0.4) is 0 Å². The SMILES string of the molecule is CC(C)(C)C(=O)ON1CCC(c2ccc(CNC(=O)Cc3ccccc3)cc2)C(OCc2ccc3ccccc3c2)C1. The van der Waals surface area contributed by atoms with Crippen LogP contribution in [0.25, 0.3) is 10.8 Å². The molecular formula is C36H40N2O4. The molecule has 1 N–H and O–H groups in total. The largest absolute Gasteiger partial charge is 0.371 e. The van der Waals surface area contributed by atoms with Gasteiger partial charge in [0.2, 0.25) is 5.91 Å². The standard InChI is InChI=1S/C36H40N2O4/c1-36(2,3)35(40)42-38-20-19-32(33(24-38)41-25-28-15-16-29-11-7-8-12-31(29)21-28)30-17-13-27(14-18-30)23-37-34(39)22-26-9-5-4-6-10-26/h4-18,21,32-33H,19-20,22-25H2,1-3H3,(H,37,39). The summed E-state index contributed by atoms with van der Waals surface area (Å²) >= 11 is 0. The van der Waals surface area contributed by atoms with E-state index in [2.05, 4.69) is 59.9 Å². The van der Waals surface area contributed by atoms with Gasteiger partial charge in [-0.3, -0.25) is 4.79 Å². The maximum absolute atomic E-state index is 12.6. The lowest BCUT2D eigenvalue weighted by Gasteiger charge is -2.38. The zero-order valence-electron chi connectivity index (χ0n) is 24.7. The molecule has 6 nitrogen and oxygen atoms in total. The van der Waals surface area contributed by atoms with Gasteiger partial charge in [0.05, 0.1) is 31.1 Å². The van der Waals surface area contributed by atoms with Crippen LogP contribution in [-0.4, -0.2) is 36.1 Å². The molecule has 0 aliphatic carbocycles. The second kappa shape index (κ2) is 13.3. The molecule has 4 aromatic carbocycles. The number of carbonyl (C=O) groups is 2. The number of rotatable bonds is 9. The molecule has 4 aromatic rings. The van der Waals surface area contributed by atoms with E-state index in [9.17, 15) is 9.59 Å². The highest BCUT2D eigenvalue weighted by atomic mass is 16.7. The average Bonchev–Trinajstić information content (AvgIpc) is 2.99. The molecule has 0 bridgehead atoms. The van der Waals surface area contributed by atoms with Gasteiger partial charge in [0.1, 0.15) is 0 Å². The summed E-state index contributed by atoms with van der Waals surface area (Å²) in [6.45, 7) is 7.68. The molecule has 2 unspecified atom stereocenters. The fourth-order valence-corrected chi connectivity index (χ4v) is 5.23. The van der Waals surface area contributed by atoms with E-state index in [0.29, 0.717) is 32.7 Å². The Morgan fingerprint density at radius 2 is 1.52 bits per heavy atom. The summed E-state index contributed by atoms with van der Waals surface area (Å²) in [7, 11) is 0. The first-order valence-corrected chi connectivity index (χ1v) is 14.7. The van der Waals surface area contributed by atoms with E-state index in [0.717, 1.165) is 23.1 Å². The third kappa shape index (κ3) is 7.84. The Balaban J connectivity index is 1.25. The normalized spacial score (nSPS) is 17.6. The van der Waals surface area contributed by atoms with Crippen molar-refractivity contribution in [3.8, 4) is 0 Å². The smallest absolute Gasteiger partial charge is 0.330 e. The Labute approximate surface area is 248 Å². The summed E-state index contributed by atoms with van der Waals surface area (Å²) < 4.78 is 6.56. The van der Waals surface area contributed by atoms with Crippen LogP contribution < -0.4 is 5.32 Å². The molecule has 0 radical (unpaired) electrons. The zero-order valence-corrected chi connectivity index (χ0v) is 24.7.